The molecule has 0 spiro atoms. The maximum atomic E-state index is 15.1. The molecule has 4 heterocycles. The summed E-state index contributed by atoms with van der Waals surface area (Å²) >= 11 is 0. The molecule has 2 aromatic heterocycles. The average Bonchev–Trinajstić information content (AvgIpc) is 2.76. The highest BCUT2D eigenvalue weighted by atomic mass is 32.2. The van der Waals surface area contributed by atoms with Crippen molar-refractivity contribution in [3.05, 3.63) is 59.2 Å². The predicted octanol–water partition coefficient (Wildman–Crippen LogP) is 3.42. The van der Waals surface area contributed by atoms with Crippen LogP contribution in [0, 0.1) is 11.6 Å². The van der Waals surface area contributed by atoms with Crippen molar-refractivity contribution in [2.45, 2.75) is 55.1 Å². The van der Waals surface area contributed by atoms with Crippen molar-refractivity contribution in [2.24, 2.45) is 15.1 Å². The summed E-state index contributed by atoms with van der Waals surface area (Å²) in [6.07, 6.45) is -0.258. The molecule has 0 aliphatic carbocycles. The van der Waals surface area contributed by atoms with E-state index >= 15 is 4.39 Å². The molecule has 182 valence electrons. The number of halogens is 4. The lowest BCUT2D eigenvalue weighted by Gasteiger charge is -2.48. The molecule has 2 N–H and O–H groups in total. The van der Waals surface area contributed by atoms with E-state index in [2.05, 4.69) is 19.3 Å². The zero-order valence-corrected chi connectivity index (χ0v) is 19.5. The smallest absolute Gasteiger partial charge is 0.269 e. The molecule has 0 unspecified atom stereocenters. The third-order valence-corrected chi connectivity index (χ3v) is 10.0. The molecule has 2 aliphatic rings. The summed E-state index contributed by atoms with van der Waals surface area (Å²) in [6, 6.07) is 4.59. The van der Waals surface area contributed by atoms with Crippen molar-refractivity contribution in [1.29, 1.82) is 0 Å². The SMILES string of the molecule is CC1(C)C(N)=N[C@](C)(c2nc(CC(=O)c3ccc(F)cn3)ccc2F)[C@H]2CC(F)(F)CN=[S@@]21=O. The summed E-state index contributed by atoms with van der Waals surface area (Å²) in [5.74, 6) is -5.36. The van der Waals surface area contributed by atoms with E-state index in [-0.39, 0.29) is 29.3 Å². The average molecular weight is 498 g/mol. The third kappa shape index (κ3) is 3.77. The highest BCUT2D eigenvalue weighted by Crippen LogP contribution is 2.49. The van der Waals surface area contributed by atoms with E-state index in [1.165, 1.54) is 32.9 Å². The Morgan fingerprint density at radius 1 is 1.18 bits per heavy atom. The number of hydrogen-bond donors (Lipinski definition) is 1. The second kappa shape index (κ2) is 7.82. The molecule has 0 saturated heterocycles. The van der Waals surface area contributed by atoms with E-state index in [1.54, 1.807) is 0 Å². The van der Waals surface area contributed by atoms with E-state index in [1.807, 2.05) is 0 Å². The minimum absolute atomic E-state index is 0.0179. The summed E-state index contributed by atoms with van der Waals surface area (Å²) in [5.41, 5.74) is 4.04. The maximum absolute atomic E-state index is 15.1. The lowest BCUT2D eigenvalue weighted by atomic mass is 9.87. The molecule has 2 aromatic rings. The first-order valence-corrected chi connectivity index (χ1v) is 12.0. The van der Waals surface area contributed by atoms with Crippen LogP contribution in [0.1, 0.15) is 49.1 Å². The molecule has 2 aliphatic heterocycles. The van der Waals surface area contributed by atoms with Crippen LogP contribution in [0.3, 0.4) is 0 Å². The number of fused-ring (bicyclic) bond motifs is 1. The number of Topliss-reactive ketones (excluding diaryl/α,β-unsaturated/α-hetero) is 1. The number of hydrogen-bond acceptors (Lipinski definition) is 7. The highest BCUT2D eigenvalue weighted by Gasteiger charge is 2.60. The number of carbonyl (C=O) groups excluding carboxylic acids is 1. The van der Waals surface area contributed by atoms with Crippen LogP contribution in [0.25, 0.3) is 0 Å². The number of carbonyl (C=O) groups is 1. The van der Waals surface area contributed by atoms with Crippen LogP contribution in [0.5, 0.6) is 0 Å². The summed E-state index contributed by atoms with van der Waals surface area (Å²) in [7, 11) is -3.42. The minimum atomic E-state index is -3.42. The second-order valence-electron chi connectivity index (χ2n) is 9.15. The van der Waals surface area contributed by atoms with Gasteiger partial charge in [0.2, 0.25) is 0 Å². The van der Waals surface area contributed by atoms with Gasteiger partial charge in [0, 0.05) is 12.1 Å². The van der Waals surface area contributed by atoms with E-state index in [4.69, 9.17) is 5.73 Å². The standard InChI is InChI=1S/C22H23F4N5O2S/c1-20(2)19(27)31-21(3,17-9-22(25,26)11-29-34(17,20)33)18-14(24)6-5-13(30-18)8-16(32)15-7-4-12(23)10-28-15/h4-7,10,17H,8-9,11H2,1-3H3,(H2,27,31)/t17-,21+,34-/m1/s1. The van der Waals surface area contributed by atoms with E-state index in [0.717, 1.165) is 18.3 Å². The molecule has 3 atom stereocenters. The molecule has 12 heteroatoms. The molecule has 0 bridgehead atoms. The van der Waals surface area contributed by atoms with Crippen molar-refractivity contribution >= 4 is 21.3 Å². The minimum Gasteiger partial charge on any atom is -0.386 e. The molecule has 0 saturated carbocycles. The molecule has 7 nitrogen and oxygen atoms in total. The van der Waals surface area contributed by atoms with Crippen molar-refractivity contribution < 1.29 is 26.6 Å². The summed E-state index contributed by atoms with van der Waals surface area (Å²) in [6.45, 7) is 3.46. The zero-order chi connectivity index (χ0) is 25.1. The first kappa shape index (κ1) is 24.2. The van der Waals surface area contributed by atoms with E-state index in [0.29, 0.717) is 0 Å². The number of alkyl halides is 2. The third-order valence-electron chi connectivity index (χ3n) is 6.42. The number of nitrogens with zero attached hydrogens (tertiary/aromatic N) is 4. The van der Waals surface area contributed by atoms with Crippen molar-refractivity contribution in [1.82, 2.24) is 9.97 Å². The maximum Gasteiger partial charge on any atom is 0.269 e. The van der Waals surface area contributed by atoms with Crippen LogP contribution in [0.2, 0.25) is 0 Å². The van der Waals surface area contributed by atoms with Gasteiger partial charge in [-0.3, -0.25) is 19.8 Å². The number of aliphatic imine (C=N–C) groups is 1. The monoisotopic (exact) mass is 497 g/mol. The van der Waals surface area contributed by atoms with Gasteiger partial charge in [0.05, 0.1) is 27.6 Å². The van der Waals surface area contributed by atoms with Crippen LogP contribution in [-0.2, 0) is 21.7 Å². The van der Waals surface area contributed by atoms with Crippen LogP contribution in [0.4, 0.5) is 17.6 Å². The fraction of sp³-hybridized carbons (Fsp3) is 0.455. The number of nitrogens with two attached hydrogens (primary N) is 1. The van der Waals surface area contributed by atoms with Gasteiger partial charge in [0.15, 0.2) is 5.78 Å². The lowest BCUT2D eigenvalue weighted by Crippen LogP contribution is -2.62. The number of rotatable bonds is 4. The number of amidine groups is 1. The van der Waals surface area contributed by atoms with Crippen LogP contribution < -0.4 is 5.73 Å². The van der Waals surface area contributed by atoms with Crippen molar-refractivity contribution in [3.8, 4) is 0 Å². The molecule has 34 heavy (non-hydrogen) atoms. The topological polar surface area (TPSA) is 111 Å². The van der Waals surface area contributed by atoms with Gasteiger partial charge < -0.3 is 5.73 Å². The van der Waals surface area contributed by atoms with Gasteiger partial charge in [0.25, 0.3) is 5.92 Å². The Morgan fingerprint density at radius 3 is 2.53 bits per heavy atom. The summed E-state index contributed by atoms with van der Waals surface area (Å²) in [4.78, 5) is 24.9. The van der Waals surface area contributed by atoms with Gasteiger partial charge in [-0.2, -0.15) is 0 Å². The van der Waals surface area contributed by atoms with Gasteiger partial charge in [-0.25, -0.2) is 26.1 Å². The molecule has 0 amide bonds. The van der Waals surface area contributed by atoms with E-state index in [9.17, 15) is 22.2 Å². The van der Waals surface area contributed by atoms with Gasteiger partial charge in [-0.1, -0.05) is 0 Å². The van der Waals surface area contributed by atoms with Crippen molar-refractivity contribution in [3.63, 3.8) is 0 Å². The first-order chi connectivity index (χ1) is 15.7. The summed E-state index contributed by atoms with van der Waals surface area (Å²) in [5, 5.41) is -1.38. The predicted molar refractivity (Wildman–Crippen MR) is 118 cm³/mol. The first-order valence-electron chi connectivity index (χ1n) is 10.5. The molecular weight excluding hydrogens is 474 g/mol. The zero-order valence-electron chi connectivity index (χ0n) is 18.7. The highest BCUT2D eigenvalue weighted by molar-refractivity contribution is 7.96. The van der Waals surface area contributed by atoms with Gasteiger partial charge in [-0.05, 0) is 45.0 Å². The molecule has 0 radical (unpaired) electrons. The summed E-state index contributed by atoms with van der Waals surface area (Å²) < 4.78 is 73.6. The van der Waals surface area contributed by atoms with Gasteiger partial charge in [-0.15, -0.1) is 0 Å². The Balaban J connectivity index is 1.81. The normalized spacial score (nSPS) is 29.5. The Labute approximate surface area is 194 Å². The molecule has 0 fully saturated rings. The van der Waals surface area contributed by atoms with Gasteiger partial charge >= 0.3 is 0 Å². The number of aromatic nitrogens is 2. The Morgan fingerprint density at radius 2 is 1.88 bits per heavy atom. The quantitative estimate of drug-likeness (QED) is 0.514. The molecule has 0 aromatic carbocycles. The van der Waals surface area contributed by atoms with Crippen LogP contribution >= 0.6 is 0 Å². The van der Waals surface area contributed by atoms with Gasteiger partial charge in [0.1, 0.15) is 45.7 Å². The largest absolute Gasteiger partial charge is 0.386 e. The number of pyridine rings is 2. The fourth-order valence-electron chi connectivity index (χ4n) is 4.30. The second-order valence-corrected chi connectivity index (χ2v) is 12.1. The Hall–Kier alpha value is -2.89. The molecule has 4 rings (SSSR count). The fourth-order valence-corrected chi connectivity index (χ4v) is 7.50. The van der Waals surface area contributed by atoms with Crippen LogP contribution in [0.15, 0.2) is 39.8 Å². The molecular formula is C22H23F4N5O2S. The van der Waals surface area contributed by atoms with Crippen molar-refractivity contribution in [2.75, 3.05) is 6.54 Å². The lowest BCUT2D eigenvalue weighted by molar-refractivity contribution is -0.00687. The number of ketones is 1. The Bertz CT molecular complexity index is 1320. The van der Waals surface area contributed by atoms with E-state index < -0.39 is 61.6 Å². The van der Waals surface area contributed by atoms with Crippen LogP contribution in [-0.4, -0.2) is 48.3 Å². The Kier molecular flexibility index (Phi) is 5.58.